The molecule has 144 valence electrons. The molecular formula is C21H22N4O2S. The fraction of sp³-hybridized carbons (Fsp3) is 0.333. The van der Waals surface area contributed by atoms with Crippen LogP contribution in [-0.4, -0.2) is 31.6 Å². The van der Waals surface area contributed by atoms with Crippen molar-refractivity contribution in [1.82, 2.24) is 4.90 Å². The van der Waals surface area contributed by atoms with Gasteiger partial charge >= 0.3 is 0 Å². The van der Waals surface area contributed by atoms with Gasteiger partial charge in [0.05, 0.1) is 24.7 Å². The molecule has 0 unspecified atom stereocenters. The van der Waals surface area contributed by atoms with Crippen LogP contribution < -0.4 is 5.32 Å². The number of nitrogens with zero attached hydrogens (tertiary/aromatic N) is 3. The van der Waals surface area contributed by atoms with Gasteiger partial charge in [0.1, 0.15) is 0 Å². The van der Waals surface area contributed by atoms with E-state index in [-0.39, 0.29) is 6.04 Å². The minimum atomic E-state index is -2.40. The van der Waals surface area contributed by atoms with E-state index in [4.69, 9.17) is 5.26 Å². The zero-order valence-electron chi connectivity index (χ0n) is 15.4. The molecule has 3 N–H and O–H groups in total. The molecule has 0 saturated carbocycles. The maximum Gasteiger partial charge on any atom is 0.179 e. The quantitative estimate of drug-likeness (QED) is 0.669. The summed E-state index contributed by atoms with van der Waals surface area (Å²) in [6, 6.07) is 14.1. The lowest BCUT2D eigenvalue weighted by molar-refractivity contribution is 0.417. The number of hydrogen-bond donors (Lipinski definition) is 3. The number of nitrogens with one attached hydrogen (secondary N) is 1. The third-order valence-corrected chi connectivity index (χ3v) is 7.26. The van der Waals surface area contributed by atoms with E-state index in [9.17, 15) is 14.4 Å². The Morgan fingerprint density at radius 2 is 1.75 bits per heavy atom. The summed E-state index contributed by atoms with van der Waals surface area (Å²) in [5.74, 6) is 0.889. The van der Waals surface area contributed by atoms with Crippen LogP contribution >= 0.6 is 10.6 Å². The Kier molecular flexibility index (Phi) is 4.91. The van der Waals surface area contributed by atoms with E-state index in [1.54, 1.807) is 4.90 Å². The fourth-order valence-corrected chi connectivity index (χ4v) is 5.46. The molecule has 0 spiro atoms. The maximum absolute atomic E-state index is 9.83. The van der Waals surface area contributed by atoms with Crippen LogP contribution in [0.15, 0.2) is 36.4 Å². The molecule has 2 aromatic rings. The van der Waals surface area contributed by atoms with Crippen molar-refractivity contribution < 1.29 is 9.11 Å². The third-order valence-electron chi connectivity index (χ3n) is 5.48. The summed E-state index contributed by atoms with van der Waals surface area (Å²) in [6.07, 6.45) is 3.70. The molecule has 0 aromatic heterocycles. The molecule has 2 aliphatic heterocycles. The van der Waals surface area contributed by atoms with Crippen molar-refractivity contribution in [3.8, 4) is 23.4 Å². The monoisotopic (exact) mass is 394 g/mol. The number of nitriles is 2. The topological polar surface area (TPSA) is 103 Å². The average molecular weight is 395 g/mol. The van der Waals surface area contributed by atoms with Crippen LogP contribution in [0.5, 0.6) is 0 Å². The highest BCUT2D eigenvalue weighted by Gasteiger charge is 2.26. The summed E-state index contributed by atoms with van der Waals surface area (Å²) in [4.78, 5) is 1.73. The number of hydrogen-bond acceptors (Lipinski definition) is 6. The van der Waals surface area contributed by atoms with Crippen LogP contribution in [0.4, 0.5) is 5.69 Å². The van der Waals surface area contributed by atoms with Crippen LogP contribution in [0.25, 0.3) is 11.1 Å². The summed E-state index contributed by atoms with van der Waals surface area (Å²) in [5, 5.41) is 21.9. The molecule has 6 nitrogen and oxygen atoms in total. The molecule has 28 heavy (non-hydrogen) atoms. The van der Waals surface area contributed by atoms with Crippen molar-refractivity contribution >= 4 is 16.3 Å². The van der Waals surface area contributed by atoms with Crippen molar-refractivity contribution in [2.45, 2.75) is 32.0 Å². The zero-order valence-corrected chi connectivity index (χ0v) is 16.2. The zero-order chi connectivity index (χ0) is 19.7. The minimum Gasteiger partial charge on any atom is -0.382 e. The first kappa shape index (κ1) is 18.6. The molecule has 0 aliphatic carbocycles. The van der Waals surface area contributed by atoms with Gasteiger partial charge in [-0.1, -0.05) is 12.1 Å². The molecule has 0 bridgehead atoms. The SMILES string of the molecule is N#Cc1ccc(-c2cc(NC3CCS(O)(O)CC3)cc3c2CN(C#N)C3)cc1. The number of anilines is 1. The second kappa shape index (κ2) is 7.37. The second-order valence-corrected chi connectivity index (χ2v) is 9.86. The molecule has 0 radical (unpaired) electrons. The highest BCUT2D eigenvalue weighted by molar-refractivity contribution is 8.24. The van der Waals surface area contributed by atoms with E-state index in [1.807, 2.05) is 24.3 Å². The molecule has 1 saturated heterocycles. The van der Waals surface area contributed by atoms with Gasteiger partial charge in [0.25, 0.3) is 0 Å². The standard InChI is InChI=1S/C21H22N4O2S/c22-11-15-1-3-16(4-2-15)20-10-19(9-17-12-25(14-23)13-21(17)20)24-18-5-7-28(26,27)8-6-18/h1-4,9-10,18,24,26-27H,5-8,12-13H2. The van der Waals surface area contributed by atoms with E-state index in [0.717, 1.165) is 40.8 Å². The van der Waals surface area contributed by atoms with E-state index in [1.165, 1.54) is 0 Å². The molecule has 1 fully saturated rings. The third kappa shape index (κ3) is 3.79. The molecule has 2 heterocycles. The first-order chi connectivity index (χ1) is 13.5. The van der Waals surface area contributed by atoms with E-state index in [2.05, 4.69) is 29.7 Å². The Hall–Kier alpha value is -2.71. The summed E-state index contributed by atoms with van der Waals surface area (Å²) >= 11 is 0. The minimum absolute atomic E-state index is 0.209. The second-order valence-electron chi connectivity index (χ2n) is 7.44. The lowest BCUT2D eigenvalue weighted by Crippen LogP contribution is -2.30. The van der Waals surface area contributed by atoms with Crippen molar-refractivity contribution in [3.05, 3.63) is 53.1 Å². The van der Waals surface area contributed by atoms with Crippen molar-refractivity contribution in [1.29, 1.82) is 10.5 Å². The van der Waals surface area contributed by atoms with Gasteiger partial charge in [-0.15, -0.1) is 0 Å². The van der Waals surface area contributed by atoms with Gasteiger partial charge in [-0.2, -0.15) is 21.1 Å². The van der Waals surface area contributed by atoms with Crippen molar-refractivity contribution in [2.24, 2.45) is 0 Å². The van der Waals surface area contributed by atoms with E-state index in [0.29, 0.717) is 30.2 Å². The number of rotatable bonds is 3. The van der Waals surface area contributed by atoms with Crippen LogP contribution in [0, 0.1) is 22.8 Å². The normalized spacial score (nSPS) is 19.4. The van der Waals surface area contributed by atoms with Crippen LogP contribution in [0.2, 0.25) is 0 Å². The number of benzene rings is 2. The van der Waals surface area contributed by atoms with Gasteiger partial charge in [0.2, 0.25) is 0 Å². The lowest BCUT2D eigenvalue weighted by atomic mass is 9.95. The van der Waals surface area contributed by atoms with Crippen LogP contribution in [0.3, 0.4) is 0 Å². The van der Waals surface area contributed by atoms with E-state index >= 15 is 0 Å². The maximum atomic E-state index is 9.83. The van der Waals surface area contributed by atoms with Crippen molar-refractivity contribution in [3.63, 3.8) is 0 Å². The Bertz CT molecular complexity index is 966. The molecule has 0 amide bonds. The predicted molar refractivity (Wildman–Crippen MR) is 111 cm³/mol. The van der Waals surface area contributed by atoms with Gasteiger partial charge in [-0.25, -0.2) is 0 Å². The Balaban J connectivity index is 1.65. The fourth-order valence-electron chi connectivity index (χ4n) is 3.94. The number of fused-ring (bicyclic) bond motifs is 1. The smallest absolute Gasteiger partial charge is 0.179 e. The summed E-state index contributed by atoms with van der Waals surface area (Å²) in [5.41, 5.74) is 5.98. The highest BCUT2D eigenvalue weighted by Crippen LogP contribution is 2.44. The van der Waals surface area contributed by atoms with E-state index < -0.39 is 10.6 Å². The van der Waals surface area contributed by atoms with Gasteiger partial charge < -0.3 is 10.2 Å². The first-order valence-electron chi connectivity index (χ1n) is 9.28. The highest BCUT2D eigenvalue weighted by atomic mass is 32.3. The Morgan fingerprint density at radius 3 is 2.39 bits per heavy atom. The Morgan fingerprint density at radius 1 is 1.04 bits per heavy atom. The van der Waals surface area contributed by atoms with Gasteiger partial charge in [0, 0.05) is 23.2 Å². The summed E-state index contributed by atoms with van der Waals surface area (Å²) in [7, 11) is -2.40. The largest absolute Gasteiger partial charge is 0.382 e. The van der Waals surface area contributed by atoms with Crippen LogP contribution in [-0.2, 0) is 13.1 Å². The van der Waals surface area contributed by atoms with Crippen molar-refractivity contribution in [2.75, 3.05) is 16.8 Å². The molecule has 0 atom stereocenters. The molecule has 2 aromatic carbocycles. The molecule has 4 rings (SSSR count). The predicted octanol–water partition coefficient (Wildman–Crippen LogP) is 4.35. The molecular weight excluding hydrogens is 372 g/mol. The van der Waals surface area contributed by atoms with Gasteiger partial charge in [-0.3, -0.25) is 9.11 Å². The molecule has 2 aliphatic rings. The average Bonchev–Trinajstić information content (AvgIpc) is 3.12. The van der Waals surface area contributed by atoms with Gasteiger partial charge in [-0.05, 0) is 59.4 Å². The Labute approximate surface area is 166 Å². The first-order valence-corrected chi connectivity index (χ1v) is 11.2. The summed E-state index contributed by atoms with van der Waals surface area (Å²) in [6.45, 7) is 1.18. The summed E-state index contributed by atoms with van der Waals surface area (Å²) < 4.78 is 19.7. The van der Waals surface area contributed by atoms with Gasteiger partial charge in [0.15, 0.2) is 6.19 Å². The molecule has 7 heteroatoms. The lowest BCUT2D eigenvalue weighted by Gasteiger charge is -2.39. The van der Waals surface area contributed by atoms with Crippen LogP contribution in [0.1, 0.15) is 29.5 Å².